The van der Waals surface area contributed by atoms with Crippen molar-refractivity contribution in [1.82, 2.24) is 9.88 Å². The van der Waals surface area contributed by atoms with Crippen molar-refractivity contribution in [1.29, 1.82) is 5.26 Å². The topological polar surface area (TPSA) is 42.8 Å². The van der Waals surface area contributed by atoms with Gasteiger partial charge in [0.2, 0.25) is 0 Å². The molecule has 4 heteroatoms. The Labute approximate surface area is 135 Å². The second-order valence-electron chi connectivity index (χ2n) is 6.69. The van der Waals surface area contributed by atoms with Crippen molar-refractivity contribution in [3.05, 3.63) is 29.3 Å². The summed E-state index contributed by atoms with van der Waals surface area (Å²) >= 11 is 1.82. The number of aromatic nitrogens is 1. The maximum atomic E-state index is 9.07. The summed E-state index contributed by atoms with van der Waals surface area (Å²) in [6, 6.07) is 9.64. The summed E-state index contributed by atoms with van der Waals surface area (Å²) in [5, 5.41) is 11.9. The van der Waals surface area contributed by atoms with Crippen molar-refractivity contribution in [2.45, 2.75) is 36.2 Å². The van der Waals surface area contributed by atoms with Crippen molar-refractivity contribution >= 4 is 22.7 Å². The van der Waals surface area contributed by atoms with Crippen LogP contribution in [0.1, 0.15) is 29.9 Å². The number of nitriles is 1. The first kappa shape index (κ1) is 14.2. The van der Waals surface area contributed by atoms with Gasteiger partial charge >= 0.3 is 0 Å². The lowest BCUT2D eigenvalue weighted by Gasteiger charge is -2.45. The minimum Gasteiger partial charge on any atom is -0.349 e. The largest absolute Gasteiger partial charge is 0.349 e. The quantitative estimate of drug-likeness (QED) is 0.859. The number of piperidine rings is 1. The van der Waals surface area contributed by atoms with Crippen LogP contribution in [0, 0.1) is 17.2 Å². The summed E-state index contributed by atoms with van der Waals surface area (Å²) in [5.41, 5.74) is 4.28. The number of thioether (sulfide) groups is 1. The Bertz CT molecular complexity index is 758. The highest BCUT2D eigenvalue weighted by atomic mass is 32.2. The highest BCUT2D eigenvalue weighted by Gasteiger charge is 2.40. The Hall–Kier alpha value is -1.44. The van der Waals surface area contributed by atoms with Crippen molar-refractivity contribution in [2.24, 2.45) is 5.92 Å². The summed E-state index contributed by atoms with van der Waals surface area (Å²) in [4.78, 5) is 6.09. The van der Waals surface area contributed by atoms with E-state index < -0.39 is 0 Å². The van der Waals surface area contributed by atoms with Crippen molar-refractivity contribution < 1.29 is 0 Å². The first-order valence-electron chi connectivity index (χ1n) is 7.97. The number of likely N-dealkylation sites (N-methyl/N-ethyl adjacent to an activating group) is 1. The van der Waals surface area contributed by atoms with Gasteiger partial charge in [-0.25, -0.2) is 0 Å². The highest BCUT2D eigenvalue weighted by molar-refractivity contribution is 7.98. The molecule has 0 radical (unpaired) electrons. The maximum Gasteiger partial charge on any atom is 0.0763 e. The lowest BCUT2D eigenvalue weighted by molar-refractivity contribution is 0.113. The molecule has 0 spiro atoms. The van der Waals surface area contributed by atoms with E-state index in [0.717, 1.165) is 19.4 Å². The van der Waals surface area contributed by atoms with E-state index in [2.05, 4.69) is 47.5 Å². The molecule has 0 amide bonds. The molecule has 1 fully saturated rings. The molecule has 0 saturated carbocycles. The molecule has 2 aromatic rings. The number of hydrogen-bond donors (Lipinski definition) is 1. The van der Waals surface area contributed by atoms with E-state index in [1.54, 1.807) is 0 Å². The van der Waals surface area contributed by atoms with Gasteiger partial charge < -0.3 is 9.88 Å². The standard InChI is InChI=1S/C18H21N3S/c1-21-10-11(6-7-19)8-13-12-4-3-5-15-17(12)14(9-16(13)21)18(20-15)22-2/h3-5,11,13,16,20H,6,8-10H2,1-2H3/t11?,13-,16-/m0/s1. The Morgan fingerprint density at radius 2 is 2.32 bits per heavy atom. The molecule has 3 atom stereocenters. The van der Waals surface area contributed by atoms with Crippen LogP contribution in [0.25, 0.3) is 10.9 Å². The highest BCUT2D eigenvalue weighted by Crippen LogP contribution is 2.46. The smallest absolute Gasteiger partial charge is 0.0763 e. The number of hydrogen-bond acceptors (Lipinski definition) is 3. The molecule has 2 aliphatic rings. The third-order valence-corrected chi connectivity index (χ3v) is 6.24. The van der Waals surface area contributed by atoms with Gasteiger partial charge in [0.1, 0.15) is 0 Å². The second-order valence-corrected chi connectivity index (χ2v) is 7.50. The average molecular weight is 311 g/mol. The molecular formula is C18H21N3S. The molecule has 4 rings (SSSR count). The predicted octanol–water partition coefficient (Wildman–Crippen LogP) is 3.76. The zero-order chi connectivity index (χ0) is 15.3. The van der Waals surface area contributed by atoms with E-state index in [0.29, 0.717) is 24.3 Å². The minimum absolute atomic E-state index is 0.506. The van der Waals surface area contributed by atoms with Gasteiger partial charge in [0, 0.05) is 35.8 Å². The van der Waals surface area contributed by atoms with Crippen LogP contribution in [0.4, 0.5) is 0 Å². The van der Waals surface area contributed by atoms with Crippen LogP contribution in [-0.4, -0.2) is 35.8 Å². The lowest BCUT2D eigenvalue weighted by Crippen LogP contribution is -2.47. The van der Waals surface area contributed by atoms with Gasteiger partial charge in [0.15, 0.2) is 0 Å². The van der Waals surface area contributed by atoms with Gasteiger partial charge in [-0.2, -0.15) is 5.26 Å². The van der Waals surface area contributed by atoms with Crippen molar-refractivity contribution in [2.75, 3.05) is 19.8 Å². The van der Waals surface area contributed by atoms with Crippen LogP contribution in [-0.2, 0) is 6.42 Å². The molecule has 1 aromatic heterocycles. The Morgan fingerprint density at radius 1 is 1.45 bits per heavy atom. The number of benzene rings is 1. The fourth-order valence-electron chi connectivity index (χ4n) is 4.56. The van der Waals surface area contributed by atoms with Gasteiger partial charge in [-0.1, -0.05) is 12.1 Å². The number of aromatic amines is 1. The zero-order valence-electron chi connectivity index (χ0n) is 13.1. The van der Waals surface area contributed by atoms with Crippen LogP contribution in [0.15, 0.2) is 23.2 Å². The third kappa shape index (κ3) is 2.00. The SMILES string of the molecule is CSc1[nH]c2cccc3c2c1C[C@H]1[C@H]3CC(CC#N)CN1C. The summed E-state index contributed by atoms with van der Waals surface area (Å²) in [5.74, 6) is 1.07. The monoisotopic (exact) mass is 311 g/mol. The summed E-state index contributed by atoms with van der Waals surface area (Å²) < 4.78 is 0. The Kier molecular flexibility index (Phi) is 3.43. The van der Waals surface area contributed by atoms with Gasteiger partial charge in [0.25, 0.3) is 0 Å². The molecule has 3 nitrogen and oxygen atoms in total. The van der Waals surface area contributed by atoms with Crippen molar-refractivity contribution in [3.8, 4) is 6.07 Å². The van der Waals surface area contributed by atoms with E-state index in [9.17, 15) is 0 Å². The average Bonchev–Trinajstić information content (AvgIpc) is 2.88. The van der Waals surface area contributed by atoms with E-state index in [1.165, 1.54) is 27.1 Å². The second kappa shape index (κ2) is 5.33. The Balaban J connectivity index is 1.84. The van der Waals surface area contributed by atoms with E-state index in [1.807, 2.05) is 11.8 Å². The van der Waals surface area contributed by atoms with Gasteiger partial charge in [-0.05, 0) is 49.3 Å². The zero-order valence-corrected chi connectivity index (χ0v) is 13.9. The van der Waals surface area contributed by atoms with E-state index >= 15 is 0 Å². The third-order valence-electron chi connectivity index (χ3n) is 5.48. The van der Waals surface area contributed by atoms with Gasteiger partial charge in [0.05, 0.1) is 11.1 Å². The van der Waals surface area contributed by atoms with Crippen LogP contribution in [0.3, 0.4) is 0 Å². The first-order valence-corrected chi connectivity index (χ1v) is 9.20. The molecule has 1 aliphatic carbocycles. The molecule has 1 aliphatic heterocycles. The summed E-state index contributed by atoms with van der Waals surface area (Å²) in [6.45, 7) is 1.05. The van der Waals surface area contributed by atoms with Crippen LogP contribution < -0.4 is 0 Å². The number of H-pyrrole nitrogens is 1. The first-order chi connectivity index (χ1) is 10.7. The predicted molar refractivity (Wildman–Crippen MR) is 91.3 cm³/mol. The summed E-state index contributed by atoms with van der Waals surface area (Å²) in [6.07, 6.45) is 5.12. The number of fused-ring (bicyclic) bond motifs is 2. The molecule has 1 N–H and O–H groups in total. The van der Waals surface area contributed by atoms with Crippen LogP contribution in [0.5, 0.6) is 0 Å². The molecule has 2 heterocycles. The van der Waals surface area contributed by atoms with E-state index in [4.69, 9.17) is 5.26 Å². The number of likely N-dealkylation sites (tertiary alicyclic amines) is 1. The fraction of sp³-hybridized carbons (Fsp3) is 0.500. The normalized spacial score (nSPS) is 27.6. The van der Waals surface area contributed by atoms with Crippen LogP contribution in [0.2, 0.25) is 0 Å². The molecule has 1 aromatic carbocycles. The van der Waals surface area contributed by atoms with Gasteiger partial charge in [-0.3, -0.25) is 0 Å². The fourth-order valence-corrected chi connectivity index (χ4v) is 5.20. The van der Waals surface area contributed by atoms with Gasteiger partial charge in [-0.15, -0.1) is 11.8 Å². The lowest BCUT2D eigenvalue weighted by atomic mass is 9.72. The molecule has 1 unspecified atom stereocenters. The van der Waals surface area contributed by atoms with E-state index in [-0.39, 0.29) is 0 Å². The molecule has 22 heavy (non-hydrogen) atoms. The van der Waals surface area contributed by atoms with Crippen LogP contribution >= 0.6 is 11.8 Å². The Morgan fingerprint density at radius 3 is 3.09 bits per heavy atom. The number of rotatable bonds is 2. The molecular weight excluding hydrogens is 290 g/mol. The number of nitrogens with one attached hydrogen (secondary N) is 1. The minimum atomic E-state index is 0.506. The van der Waals surface area contributed by atoms with Crippen molar-refractivity contribution in [3.63, 3.8) is 0 Å². The number of nitrogens with zero attached hydrogens (tertiary/aromatic N) is 2. The summed E-state index contributed by atoms with van der Waals surface area (Å²) in [7, 11) is 2.23. The molecule has 0 bridgehead atoms. The molecule has 1 saturated heterocycles. The molecule has 114 valence electrons. The maximum absolute atomic E-state index is 9.07.